The van der Waals surface area contributed by atoms with Crippen LogP contribution in [-0.2, 0) is 0 Å². The molecular weight excluding hydrogens is 248 g/mol. The number of nitrogens with one attached hydrogen (secondary N) is 1. The van der Waals surface area contributed by atoms with Gasteiger partial charge in [0.2, 0.25) is 0 Å². The van der Waals surface area contributed by atoms with Crippen LogP contribution < -0.4 is 5.32 Å². The van der Waals surface area contributed by atoms with E-state index in [1.165, 1.54) is 45.4 Å². The van der Waals surface area contributed by atoms with Crippen LogP contribution in [0.2, 0.25) is 0 Å². The minimum absolute atomic E-state index is 0.271. The van der Waals surface area contributed by atoms with E-state index in [4.69, 9.17) is 0 Å². The van der Waals surface area contributed by atoms with E-state index in [2.05, 4.69) is 35.0 Å². The van der Waals surface area contributed by atoms with Gasteiger partial charge in [0.1, 0.15) is 5.54 Å². The molecule has 1 N–H and O–H groups in total. The standard InChI is InChI=1S/C16H28N4/c1-13(2)18-16(12-17)6-5-15(11-16)20-9-7-19(8-10-20)14-3-4-14/h13-15,18H,3-11H2,1-2H3. The molecule has 0 radical (unpaired) electrons. The van der Waals surface area contributed by atoms with Gasteiger partial charge in [-0.3, -0.25) is 15.1 Å². The molecule has 3 fully saturated rings. The van der Waals surface area contributed by atoms with Gasteiger partial charge in [0.05, 0.1) is 6.07 Å². The molecular formula is C16H28N4. The lowest BCUT2D eigenvalue weighted by atomic mass is 9.98. The summed E-state index contributed by atoms with van der Waals surface area (Å²) >= 11 is 0. The highest BCUT2D eigenvalue weighted by molar-refractivity contribution is 5.14. The highest BCUT2D eigenvalue weighted by Gasteiger charge is 2.43. The van der Waals surface area contributed by atoms with Crippen LogP contribution in [0.1, 0.15) is 46.0 Å². The molecule has 4 nitrogen and oxygen atoms in total. The molecule has 0 spiro atoms. The molecule has 0 aromatic heterocycles. The molecule has 0 bridgehead atoms. The van der Waals surface area contributed by atoms with Gasteiger partial charge >= 0.3 is 0 Å². The zero-order valence-electron chi connectivity index (χ0n) is 12.9. The molecule has 2 aliphatic carbocycles. The summed E-state index contributed by atoms with van der Waals surface area (Å²) in [5, 5.41) is 13.1. The van der Waals surface area contributed by atoms with Crippen LogP contribution in [0, 0.1) is 11.3 Å². The fourth-order valence-electron chi connectivity index (χ4n) is 4.06. The Labute approximate surface area is 123 Å². The molecule has 0 aromatic rings. The lowest BCUT2D eigenvalue weighted by Gasteiger charge is -2.38. The van der Waals surface area contributed by atoms with E-state index in [1.54, 1.807) is 0 Å². The highest BCUT2D eigenvalue weighted by atomic mass is 15.3. The van der Waals surface area contributed by atoms with Gasteiger partial charge in [-0.2, -0.15) is 5.26 Å². The minimum Gasteiger partial charge on any atom is -0.298 e. The maximum atomic E-state index is 9.57. The second kappa shape index (κ2) is 5.63. The van der Waals surface area contributed by atoms with Gasteiger partial charge in [-0.05, 0) is 46.0 Å². The summed E-state index contributed by atoms with van der Waals surface area (Å²) in [5.41, 5.74) is -0.271. The summed E-state index contributed by atoms with van der Waals surface area (Å²) in [6.07, 6.45) is 6.02. The molecule has 1 aliphatic heterocycles. The molecule has 112 valence electrons. The van der Waals surface area contributed by atoms with Crippen molar-refractivity contribution in [1.29, 1.82) is 5.26 Å². The smallest absolute Gasteiger partial charge is 0.108 e. The van der Waals surface area contributed by atoms with Crippen LogP contribution >= 0.6 is 0 Å². The summed E-state index contributed by atoms with van der Waals surface area (Å²) in [6.45, 7) is 9.15. The van der Waals surface area contributed by atoms with E-state index in [9.17, 15) is 5.26 Å². The predicted octanol–water partition coefficient (Wildman–Crippen LogP) is 1.58. The van der Waals surface area contributed by atoms with Crippen molar-refractivity contribution >= 4 is 0 Å². The normalized spacial score (nSPS) is 36.4. The third kappa shape index (κ3) is 3.00. The number of rotatable bonds is 4. The second-order valence-corrected chi connectivity index (χ2v) is 7.19. The fourth-order valence-corrected chi connectivity index (χ4v) is 4.06. The van der Waals surface area contributed by atoms with Crippen molar-refractivity contribution in [3.8, 4) is 6.07 Å². The fraction of sp³-hybridized carbons (Fsp3) is 0.938. The van der Waals surface area contributed by atoms with Crippen molar-refractivity contribution in [3.63, 3.8) is 0 Å². The van der Waals surface area contributed by atoms with Crippen LogP contribution in [0.25, 0.3) is 0 Å². The van der Waals surface area contributed by atoms with E-state index in [1.807, 2.05) is 0 Å². The van der Waals surface area contributed by atoms with Crippen LogP contribution in [0.4, 0.5) is 0 Å². The molecule has 2 saturated carbocycles. The number of nitriles is 1. The molecule has 4 heteroatoms. The number of hydrogen-bond acceptors (Lipinski definition) is 4. The molecule has 0 amide bonds. The first-order valence-corrected chi connectivity index (χ1v) is 8.29. The number of piperazine rings is 1. The highest BCUT2D eigenvalue weighted by Crippen LogP contribution is 2.34. The Morgan fingerprint density at radius 3 is 2.15 bits per heavy atom. The van der Waals surface area contributed by atoms with Gasteiger partial charge in [-0.25, -0.2) is 0 Å². The van der Waals surface area contributed by atoms with Gasteiger partial charge in [0.25, 0.3) is 0 Å². The van der Waals surface area contributed by atoms with Crippen LogP contribution in [-0.4, -0.2) is 59.6 Å². The molecule has 3 rings (SSSR count). The summed E-state index contributed by atoms with van der Waals surface area (Å²) in [5.74, 6) is 0. The monoisotopic (exact) mass is 276 g/mol. The first kappa shape index (κ1) is 14.3. The maximum absolute atomic E-state index is 9.57. The predicted molar refractivity (Wildman–Crippen MR) is 80.4 cm³/mol. The molecule has 2 unspecified atom stereocenters. The largest absolute Gasteiger partial charge is 0.298 e. The zero-order chi connectivity index (χ0) is 14.2. The maximum Gasteiger partial charge on any atom is 0.108 e. The van der Waals surface area contributed by atoms with Gasteiger partial charge in [0.15, 0.2) is 0 Å². The molecule has 2 atom stereocenters. The lowest BCUT2D eigenvalue weighted by molar-refractivity contribution is 0.0909. The van der Waals surface area contributed by atoms with Crippen LogP contribution in [0.15, 0.2) is 0 Å². The van der Waals surface area contributed by atoms with E-state index in [-0.39, 0.29) is 5.54 Å². The van der Waals surface area contributed by atoms with Gasteiger partial charge in [-0.1, -0.05) is 0 Å². The Bertz CT molecular complexity index is 376. The quantitative estimate of drug-likeness (QED) is 0.846. The third-order valence-corrected chi connectivity index (χ3v) is 5.20. The first-order valence-electron chi connectivity index (χ1n) is 8.29. The average Bonchev–Trinajstić information content (AvgIpc) is 3.21. The first-order chi connectivity index (χ1) is 9.62. The van der Waals surface area contributed by atoms with Crippen molar-refractivity contribution in [1.82, 2.24) is 15.1 Å². The van der Waals surface area contributed by atoms with Crippen molar-refractivity contribution in [3.05, 3.63) is 0 Å². The molecule has 1 heterocycles. The van der Waals surface area contributed by atoms with Crippen molar-refractivity contribution < 1.29 is 0 Å². The number of hydrogen-bond donors (Lipinski definition) is 1. The summed E-state index contributed by atoms with van der Waals surface area (Å²) in [4.78, 5) is 5.30. The molecule has 3 aliphatic rings. The van der Waals surface area contributed by atoms with Gasteiger partial charge < -0.3 is 0 Å². The Morgan fingerprint density at radius 2 is 1.65 bits per heavy atom. The van der Waals surface area contributed by atoms with Gasteiger partial charge in [0, 0.05) is 44.3 Å². The lowest BCUT2D eigenvalue weighted by Crippen LogP contribution is -2.52. The average molecular weight is 276 g/mol. The van der Waals surface area contributed by atoms with E-state index >= 15 is 0 Å². The molecule has 0 aromatic carbocycles. The minimum atomic E-state index is -0.271. The van der Waals surface area contributed by atoms with E-state index in [0.717, 1.165) is 18.9 Å². The summed E-state index contributed by atoms with van der Waals surface area (Å²) < 4.78 is 0. The van der Waals surface area contributed by atoms with E-state index in [0.29, 0.717) is 12.1 Å². The molecule has 20 heavy (non-hydrogen) atoms. The molecule has 1 saturated heterocycles. The van der Waals surface area contributed by atoms with Gasteiger partial charge in [-0.15, -0.1) is 0 Å². The van der Waals surface area contributed by atoms with E-state index < -0.39 is 0 Å². The Hall–Kier alpha value is -0.630. The van der Waals surface area contributed by atoms with Crippen LogP contribution in [0.5, 0.6) is 0 Å². The number of nitrogens with zero attached hydrogens (tertiary/aromatic N) is 3. The topological polar surface area (TPSA) is 42.3 Å². The van der Waals surface area contributed by atoms with Crippen molar-refractivity contribution in [2.75, 3.05) is 26.2 Å². The van der Waals surface area contributed by atoms with Crippen molar-refractivity contribution in [2.24, 2.45) is 0 Å². The Balaban J connectivity index is 1.53. The summed E-state index contributed by atoms with van der Waals surface area (Å²) in [6, 6.07) is 4.47. The Kier molecular flexibility index (Phi) is 4.03. The second-order valence-electron chi connectivity index (χ2n) is 7.19. The Morgan fingerprint density at radius 1 is 1.05 bits per heavy atom. The SMILES string of the molecule is CC(C)NC1(C#N)CCC(N2CCN(C3CC3)CC2)C1. The van der Waals surface area contributed by atoms with Crippen LogP contribution in [0.3, 0.4) is 0 Å². The third-order valence-electron chi connectivity index (χ3n) is 5.20. The van der Waals surface area contributed by atoms with Crippen molar-refractivity contribution in [2.45, 2.75) is 69.6 Å². The summed E-state index contributed by atoms with van der Waals surface area (Å²) in [7, 11) is 0. The zero-order valence-corrected chi connectivity index (χ0v) is 12.9.